The van der Waals surface area contributed by atoms with Crippen LogP contribution in [0.2, 0.25) is 0 Å². The highest BCUT2D eigenvalue weighted by Gasteiger charge is 2.41. The van der Waals surface area contributed by atoms with E-state index in [9.17, 15) is 4.79 Å². The van der Waals surface area contributed by atoms with Gasteiger partial charge in [0.25, 0.3) is 0 Å². The molecule has 170 valence electrons. The molecular formula is C25H27N5O3. The maximum absolute atomic E-state index is 12.0. The first-order valence-corrected chi connectivity index (χ1v) is 11.6. The number of hydrogen-bond donors (Lipinski definition) is 2. The van der Waals surface area contributed by atoms with Gasteiger partial charge >= 0.3 is 5.97 Å². The summed E-state index contributed by atoms with van der Waals surface area (Å²) in [5.41, 5.74) is 8.59. The fourth-order valence-corrected chi connectivity index (χ4v) is 4.53. The lowest BCUT2D eigenvalue weighted by Gasteiger charge is -2.27. The fraction of sp³-hybridized carbons (Fsp3) is 0.440. The Morgan fingerprint density at radius 1 is 1.12 bits per heavy atom. The number of anilines is 2. The molecule has 2 saturated carbocycles. The van der Waals surface area contributed by atoms with Crippen molar-refractivity contribution in [2.24, 2.45) is 11.7 Å². The second kappa shape index (κ2) is 7.38. The summed E-state index contributed by atoms with van der Waals surface area (Å²) in [6.45, 7) is 4.42. The first-order chi connectivity index (χ1) is 15.9. The second-order valence-electron chi connectivity index (χ2n) is 9.72. The number of carbonyl (C=O) groups is 1. The van der Waals surface area contributed by atoms with E-state index in [2.05, 4.69) is 27.2 Å². The van der Waals surface area contributed by atoms with Crippen LogP contribution in [0, 0.1) is 5.92 Å². The number of hydrogen-bond acceptors (Lipinski definition) is 8. The molecule has 3 aliphatic rings. The molecule has 2 atom stereocenters. The summed E-state index contributed by atoms with van der Waals surface area (Å²) in [5, 5.41) is 5.16. The lowest BCUT2D eigenvalue weighted by atomic mass is 9.86. The third-order valence-electron chi connectivity index (χ3n) is 6.88. The summed E-state index contributed by atoms with van der Waals surface area (Å²) in [5.74, 6) is 2.06. The Hall–Kier alpha value is -3.26. The third-order valence-corrected chi connectivity index (χ3v) is 6.88. The number of cyclic esters (lactones) is 1. The predicted molar refractivity (Wildman–Crippen MR) is 124 cm³/mol. The molecule has 6 rings (SSSR count). The third kappa shape index (κ3) is 3.68. The van der Waals surface area contributed by atoms with Gasteiger partial charge in [0.2, 0.25) is 5.88 Å². The number of nitrogens with zero attached hydrogens (tertiary/aromatic N) is 3. The van der Waals surface area contributed by atoms with E-state index in [0.717, 1.165) is 47.7 Å². The van der Waals surface area contributed by atoms with Crippen molar-refractivity contribution in [2.75, 3.05) is 11.9 Å². The van der Waals surface area contributed by atoms with E-state index in [1.165, 1.54) is 0 Å². The van der Waals surface area contributed by atoms with E-state index in [-0.39, 0.29) is 18.0 Å². The average Bonchev–Trinajstić information content (AvgIpc) is 3.70. The smallest absolute Gasteiger partial charge is 0.340 e. The maximum atomic E-state index is 12.0. The molecule has 0 radical (unpaired) electrons. The molecule has 0 bridgehead atoms. The molecule has 3 aromatic heterocycles. The molecule has 0 spiro atoms. The van der Waals surface area contributed by atoms with Crippen molar-refractivity contribution in [2.45, 2.75) is 57.1 Å². The number of nitrogens with one attached hydrogen (secondary N) is 1. The molecule has 3 N–H and O–H groups in total. The molecule has 1 aliphatic heterocycles. The van der Waals surface area contributed by atoms with Crippen LogP contribution in [-0.2, 0) is 10.3 Å². The van der Waals surface area contributed by atoms with Gasteiger partial charge in [-0.2, -0.15) is 0 Å². The molecule has 8 heteroatoms. The quantitative estimate of drug-likeness (QED) is 0.544. The highest BCUT2D eigenvalue weighted by Crippen LogP contribution is 2.46. The van der Waals surface area contributed by atoms with Crippen molar-refractivity contribution in [1.82, 2.24) is 15.0 Å². The van der Waals surface area contributed by atoms with Crippen molar-refractivity contribution in [1.29, 1.82) is 0 Å². The Kier molecular flexibility index (Phi) is 4.55. The minimum atomic E-state index is -0.470. The number of esters is 1. The van der Waals surface area contributed by atoms with Crippen LogP contribution in [0.4, 0.5) is 11.6 Å². The molecule has 4 heterocycles. The van der Waals surface area contributed by atoms with Gasteiger partial charge in [-0.25, -0.2) is 19.7 Å². The lowest BCUT2D eigenvalue weighted by Crippen LogP contribution is -2.35. The minimum Gasteiger partial charge on any atom is -0.474 e. The van der Waals surface area contributed by atoms with Crippen molar-refractivity contribution >= 4 is 28.4 Å². The summed E-state index contributed by atoms with van der Waals surface area (Å²) in [4.78, 5) is 25.9. The van der Waals surface area contributed by atoms with Gasteiger partial charge in [0, 0.05) is 23.9 Å². The molecule has 0 saturated heterocycles. The van der Waals surface area contributed by atoms with Gasteiger partial charge in [-0.05, 0) is 67.7 Å². The molecule has 2 fully saturated rings. The van der Waals surface area contributed by atoms with Gasteiger partial charge in [0.05, 0.1) is 23.3 Å². The van der Waals surface area contributed by atoms with Crippen LogP contribution in [0.15, 0.2) is 30.6 Å². The van der Waals surface area contributed by atoms with E-state index in [1.807, 2.05) is 19.2 Å². The van der Waals surface area contributed by atoms with Gasteiger partial charge in [0.1, 0.15) is 17.7 Å². The van der Waals surface area contributed by atoms with Crippen molar-refractivity contribution < 1.29 is 14.3 Å². The zero-order chi connectivity index (χ0) is 22.7. The summed E-state index contributed by atoms with van der Waals surface area (Å²) < 4.78 is 11.3. The first kappa shape index (κ1) is 20.4. The number of aromatic nitrogens is 3. The van der Waals surface area contributed by atoms with Crippen molar-refractivity contribution in [3.05, 3.63) is 47.4 Å². The fourth-order valence-electron chi connectivity index (χ4n) is 4.53. The van der Waals surface area contributed by atoms with E-state index in [4.69, 9.17) is 15.2 Å². The Labute approximate surface area is 191 Å². The first-order valence-electron chi connectivity index (χ1n) is 11.6. The number of nitrogens with two attached hydrogens (primary N) is 1. The monoisotopic (exact) mass is 445 g/mol. The van der Waals surface area contributed by atoms with E-state index in [0.29, 0.717) is 35.6 Å². The van der Waals surface area contributed by atoms with Gasteiger partial charge in [-0.1, -0.05) is 6.92 Å². The van der Waals surface area contributed by atoms with Crippen LogP contribution in [0.25, 0.3) is 10.8 Å². The Morgan fingerprint density at radius 2 is 1.94 bits per heavy atom. The minimum absolute atomic E-state index is 0.0420. The molecular weight excluding hydrogens is 418 g/mol. The van der Waals surface area contributed by atoms with Crippen LogP contribution >= 0.6 is 0 Å². The van der Waals surface area contributed by atoms with E-state index >= 15 is 0 Å². The highest BCUT2D eigenvalue weighted by molar-refractivity contribution is 5.93. The number of rotatable bonds is 6. The Bertz CT molecular complexity index is 1270. The second-order valence-corrected chi connectivity index (χ2v) is 9.72. The van der Waals surface area contributed by atoms with Gasteiger partial charge in [-0.15, -0.1) is 0 Å². The van der Waals surface area contributed by atoms with Gasteiger partial charge in [-0.3, -0.25) is 0 Å². The number of ether oxygens (including phenoxy) is 2. The largest absolute Gasteiger partial charge is 0.474 e. The summed E-state index contributed by atoms with van der Waals surface area (Å²) in [7, 11) is 0. The zero-order valence-electron chi connectivity index (χ0n) is 18.8. The number of fused-ring (bicyclic) bond motifs is 2. The van der Waals surface area contributed by atoms with E-state index in [1.54, 1.807) is 18.3 Å². The van der Waals surface area contributed by atoms with Crippen molar-refractivity contribution in [3.8, 4) is 5.88 Å². The van der Waals surface area contributed by atoms with Crippen LogP contribution in [-0.4, -0.2) is 33.6 Å². The number of pyridine rings is 3. The van der Waals surface area contributed by atoms with Crippen LogP contribution in [0.5, 0.6) is 5.88 Å². The Balaban J connectivity index is 1.40. The number of carbonyl (C=O) groups excluding carboxylic acids is 1. The topological polar surface area (TPSA) is 112 Å². The average molecular weight is 446 g/mol. The molecule has 8 nitrogen and oxygen atoms in total. The highest BCUT2D eigenvalue weighted by atomic mass is 16.5. The SMILES string of the molecule is C[C@H]1COC(=O)c2ccc(Nc3cc4c([C@](C)(N)C5CC5)cnc(OC5CC5)c4cn3)nc21. The molecule has 0 aromatic carbocycles. The standard InChI is InChI=1S/C25H27N5O3/c1-13-12-32-24(31)16-7-8-20(30-22(13)16)29-21-9-17-18(10-27-21)23(33-15-5-6-15)28-11-19(17)25(2,26)14-3-4-14/h7-11,13-15H,3-6,12,26H2,1-2H3,(H,27,29,30)/t13-,25+/m0/s1. The van der Waals surface area contributed by atoms with Gasteiger partial charge in [0.15, 0.2) is 0 Å². The summed E-state index contributed by atoms with van der Waals surface area (Å²) in [6, 6.07) is 5.53. The predicted octanol–water partition coefficient (Wildman–Crippen LogP) is 4.17. The van der Waals surface area contributed by atoms with E-state index < -0.39 is 5.54 Å². The lowest BCUT2D eigenvalue weighted by molar-refractivity contribution is 0.0445. The van der Waals surface area contributed by atoms with Crippen LogP contribution in [0.1, 0.15) is 67.1 Å². The van der Waals surface area contributed by atoms with Gasteiger partial charge < -0.3 is 20.5 Å². The molecule has 0 amide bonds. The molecule has 33 heavy (non-hydrogen) atoms. The molecule has 2 aliphatic carbocycles. The summed E-state index contributed by atoms with van der Waals surface area (Å²) in [6.07, 6.45) is 8.29. The Morgan fingerprint density at radius 3 is 2.70 bits per heavy atom. The maximum Gasteiger partial charge on any atom is 0.340 e. The zero-order valence-corrected chi connectivity index (χ0v) is 18.8. The van der Waals surface area contributed by atoms with Crippen LogP contribution in [0.3, 0.4) is 0 Å². The van der Waals surface area contributed by atoms with Crippen molar-refractivity contribution in [3.63, 3.8) is 0 Å². The summed E-state index contributed by atoms with van der Waals surface area (Å²) >= 11 is 0. The normalized spacial score (nSPS) is 21.8. The van der Waals surface area contributed by atoms with Crippen LogP contribution < -0.4 is 15.8 Å². The molecule has 0 unspecified atom stereocenters. The molecule has 3 aromatic rings.